The fraction of sp³-hybridized carbons (Fsp3) is 0.273. The monoisotopic (exact) mass is 602 g/mol. The molecule has 0 fully saturated rings. The molecule has 0 aliphatic heterocycles. The van der Waals surface area contributed by atoms with E-state index < -0.39 is 41.1 Å². The fourth-order valence-corrected chi connectivity index (χ4v) is 4.20. The molecule has 0 unspecified atom stereocenters. The molecular weight excluding hydrogens is 571 g/mol. The van der Waals surface area contributed by atoms with Gasteiger partial charge < -0.3 is 14.2 Å². The van der Waals surface area contributed by atoms with Gasteiger partial charge >= 0.3 is 18.0 Å². The van der Waals surface area contributed by atoms with Gasteiger partial charge in [0.2, 0.25) is 0 Å². The molecule has 0 heterocycles. The van der Waals surface area contributed by atoms with Crippen LogP contribution in [0.25, 0.3) is 11.1 Å². The number of carbonyl (C=O) groups excluding carboxylic acids is 2. The number of hydrogen-bond acceptors (Lipinski definition) is 5. The molecule has 5 nitrogen and oxygen atoms in total. The molecule has 0 atom stereocenters. The van der Waals surface area contributed by atoms with Crippen LogP contribution >= 0.6 is 0 Å². The molecule has 0 aliphatic carbocycles. The van der Waals surface area contributed by atoms with Crippen LogP contribution in [-0.2, 0) is 38.0 Å². The Balaban J connectivity index is 1.62. The second kappa shape index (κ2) is 15.7. The Kier molecular flexibility index (Phi) is 12.0. The molecule has 3 rings (SSSR count). The van der Waals surface area contributed by atoms with Crippen molar-refractivity contribution in [3.63, 3.8) is 0 Å². The molecule has 0 aliphatic rings. The molecule has 0 saturated carbocycles. The zero-order valence-electron chi connectivity index (χ0n) is 23.4. The second-order valence-corrected chi connectivity index (χ2v) is 9.55. The predicted octanol–water partition coefficient (Wildman–Crippen LogP) is 8.00. The normalized spacial score (nSPS) is 11.1. The maximum atomic E-state index is 14.9. The van der Waals surface area contributed by atoms with E-state index in [9.17, 15) is 31.5 Å². The number of rotatable bonds is 16. The standard InChI is InChI=1S/C33H31F5O5/c1-3-30(39)41-17-7-5-9-22-11-14-25(15-12-22)43-33(37,38)32-28(35)20-24(21-29(32)36)26-16-13-23(19-27(26)34)10-6-8-18-42-31(40)4-2/h3-4,11-16,19-21H,1-2,5-10,17-18H2. The number of unbranched alkanes of at least 4 members (excludes halogenated alkanes) is 2. The molecule has 0 N–H and O–H groups in total. The van der Waals surface area contributed by atoms with Gasteiger partial charge in [0.15, 0.2) is 0 Å². The number of hydrogen-bond donors (Lipinski definition) is 0. The molecule has 228 valence electrons. The predicted molar refractivity (Wildman–Crippen MR) is 151 cm³/mol. The van der Waals surface area contributed by atoms with Gasteiger partial charge in [-0.05, 0) is 85.5 Å². The summed E-state index contributed by atoms with van der Waals surface area (Å²) >= 11 is 0. The lowest BCUT2D eigenvalue weighted by Crippen LogP contribution is -2.25. The van der Waals surface area contributed by atoms with Crippen LogP contribution in [0.2, 0.25) is 0 Å². The quantitative estimate of drug-likeness (QED) is 0.0720. The second-order valence-electron chi connectivity index (χ2n) is 9.55. The third kappa shape index (κ3) is 9.80. The van der Waals surface area contributed by atoms with Crippen molar-refractivity contribution in [2.75, 3.05) is 13.2 Å². The van der Waals surface area contributed by atoms with E-state index in [0.717, 1.165) is 17.7 Å². The fourth-order valence-electron chi connectivity index (χ4n) is 4.20. The van der Waals surface area contributed by atoms with Crippen LogP contribution in [0.15, 0.2) is 79.9 Å². The highest BCUT2D eigenvalue weighted by molar-refractivity contribution is 5.81. The number of halogens is 5. The molecule has 3 aromatic rings. The van der Waals surface area contributed by atoms with Crippen LogP contribution in [0, 0.1) is 17.5 Å². The van der Waals surface area contributed by atoms with Crippen LogP contribution in [0.4, 0.5) is 22.0 Å². The lowest BCUT2D eigenvalue weighted by Gasteiger charge is -2.20. The summed E-state index contributed by atoms with van der Waals surface area (Å²) < 4.78 is 88.8. The Labute approximate surface area is 246 Å². The highest BCUT2D eigenvalue weighted by atomic mass is 19.3. The number of alkyl halides is 2. The number of ether oxygens (including phenoxy) is 3. The summed E-state index contributed by atoms with van der Waals surface area (Å²) in [6.45, 7) is 7.01. The first-order valence-corrected chi connectivity index (χ1v) is 13.6. The first kappa shape index (κ1) is 33.0. The van der Waals surface area contributed by atoms with Crippen LogP contribution in [0.3, 0.4) is 0 Å². The average Bonchev–Trinajstić information content (AvgIpc) is 2.96. The Morgan fingerprint density at radius 3 is 1.72 bits per heavy atom. The van der Waals surface area contributed by atoms with Crippen LogP contribution in [0.5, 0.6) is 5.75 Å². The van der Waals surface area contributed by atoms with Crippen LogP contribution in [-0.4, -0.2) is 25.2 Å². The molecule has 0 bridgehead atoms. The topological polar surface area (TPSA) is 61.8 Å². The Morgan fingerprint density at radius 1 is 0.698 bits per heavy atom. The van der Waals surface area contributed by atoms with E-state index >= 15 is 0 Å². The van der Waals surface area contributed by atoms with Crippen molar-refractivity contribution in [3.05, 3.63) is 114 Å². The largest absolute Gasteiger partial charge is 0.463 e. The summed E-state index contributed by atoms with van der Waals surface area (Å²) in [4.78, 5) is 22.1. The third-order valence-corrected chi connectivity index (χ3v) is 6.39. The van der Waals surface area contributed by atoms with E-state index in [2.05, 4.69) is 17.9 Å². The van der Waals surface area contributed by atoms with Gasteiger partial charge in [0, 0.05) is 17.7 Å². The van der Waals surface area contributed by atoms with Gasteiger partial charge in [0.05, 0.1) is 13.2 Å². The van der Waals surface area contributed by atoms with Crippen molar-refractivity contribution in [1.82, 2.24) is 0 Å². The molecule has 0 amide bonds. The van der Waals surface area contributed by atoms with Crippen molar-refractivity contribution >= 4 is 11.9 Å². The van der Waals surface area contributed by atoms with Gasteiger partial charge in [0.1, 0.15) is 28.8 Å². The Hall–Kier alpha value is -4.47. The van der Waals surface area contributed by atoms with Crippen molar-refractivity contribution in [3.8, 4) is 16.9 Å². The van der Waals surface area contributed by atoms with E-state index in [0.29, 0.717) is 56.2 Å². The number of esters is 2. The van der Waals surface area contributed by atoms with Gasteiger partial charge in [-0.15, -0.1) is 0 Å². The minimum Gasteiger partial charge on any atom is -0.463 e. The smallest absolute Gasteiger partial charge is 0.432 e. The summed E-state index contributed by atoms with van der Waals surface area (Å²) in [5.41, 5.74) is -0.600. The van der Waals surface area contributed by atoms with E-state index in [4.69, 9.17) is 9.47 Å². The van der Waals surface area contributed by atoms with Gasteiger partial charge in [-0.1, -0.05) is 37.4 Å². The average molecular weight is 603 g/mol. The first-order valence-electron chi connectivity index (χ1n) is 13.6. The van der Waals surface area contributed by atoms with E-state index in [-0.39, 0.29) is 30.1 Å². The summed E-state index contributed by atoms with van der Waals surface area (Å²) in [6, 6.07) is 11.0. The molecule has 43 heavy (non-hydrogen) atoms. The maximum Gasteiger partial charge on any atom is 0.432 e. The van der Waals surface area contributed by atoms with E-state index in [1.807, 2.05) is 0 Å². The molecule has 0 radical (unpaired) electrons. The van der Waals surface area contributed by atoms with Gasteiger partial charge in [-0.25, -0.2) is 22.8 Å². The minimum absolute atomic E-state index is 0.160. The molecular formula is C33H31F5O5. The van der Waals surface area contributed by atoms with Crippen molar-refractivity contribution < 1.29 is 45.8 Å². The lowest BCUT2D eigenvalue weighted by molar-refractivity contribution is -0.189. The zero-order valence-corrected chi connectivity index (χ0v) is 23.4. The van der Waals surface area contributed by atoms with E-state index in [1.165, 1.54) is 24.3 Å². The summed E-state index contributed by atoms with van der Waals surface area (Å²) in [6.07, 6.45) is 1.20. The molecule has 0 aromatic heterocycles. The van der Waals surface area contributed by atoms with Crippen molar-refractivity contribution in [2.45, 2.75) is 44.6 Å². The van der Waals surface area contributed by atoms with Crippen LogP contribution < -0.4 is 4.74 Å². The third-order valence-electron chi connectivity index (χ3n) is 6.39. The molecule has 10 heteroatoms. The SMILES string of the molecule is C=CC(=O)OCCCCc1ccc(OC(F)(F)c2c(F)cc(-c3ccc(CCCCOC(=O)C=C)cc3F)cc2F)cc1. The number of aryl methyl sites for hydroxylation is 2. The molecule has 3 aromatic carbocycles. The van der Waals surface area contributed by atoms with Gasteiger partial charge in [0.25, 0.3) is 0 Å². The number of benzene rings is 3. The van der Waals surface area contributed by atoms with E-state index in [1.54, 1.807) is 18.2 Å². The molecule has 0 spiro atoms. The zero-order chi connectivity index (χ0) is 31.4. The van der Waals surface area contributed by atoms with Crippen molar-refractivity contribution in [2.24, 2.45) is 0 Å². The summed E-state index contributed by atoms with van der Waals surface area (Å²) in [7, 11) is 0. The summed E-state index contributed by atoms with van der Waals surface area (Å²) in [5.74, 6) is -5.31. The highest BCUT2D eigenvalue weighted by Crippen LogP contribution is 2.37. The Bertz CT molecular complexity index is 1410. The van der Waals surface area contributed by atoms with Crippen molar-refractivity contribution in [1.29, 1.82) is 0 Å². The minimum atomic E-state index is -4.36. The van der Waals surface area contributed by atoms with Gasteiger partial charge in [-0.3, -0.25) is 0 Å². The highest BCUT2D eigenvalue weighted by Gasteiger charge is 2.41. The van der Waals surface area contributed by atoms with Crippen LogP contribution in [0.1, 0.15) is 42.4 Å². The number of carbonyl (C=O) groups is 2. The van der Waals surface area contributed by atoms with Gasteiger partial charge in [-0.2, -0.15) is 8.78 Å². The Morgan fingerprint density at radius 2 is 1.21 bits per heavy atom. The lowest BCUT2D eigenvalue weighted by atomic mass is 9.99. The molecule has 0 saturated heterocycles. The summed E-state index contributed by atoms with van der Waals surface area (Å²) in [5, 5.41) is 0. The maximum absolute atomic E-state index is 14.9. The first-order chi connectivity index (χ1) is 20.5.